The average molecular weight is 233 g/mol. The van der Waals surface area contributed by atoms with E-state index >= 15 is 0 Å². The summed E-state index contributed by atoms with van der Waals surface area (Å²) in [6.07, 6.45) is 9.17. The van der Waals surface area contributed by atoms with Crippen LogP contribution in [-0.4, -0.2) is 0 Å². The van der Waals surface area contributed by atoms with Crippen molar-refractivity contribution in [2.75, 3.05) is 0 Å². The van der Waals surface area contributed by atoms with Crippen LogP contribution in [0.2, 0.25) is 0 Å². The van der Waals surface area contributed by atoms with E-state index in [2.05, 4.69) is 38.1 Å². The fourth-order valence-corrected chi connectivity index (χ4v) is 2.12. The summed E-state index contributed by atoms with van der Waals surface area (Å²) in [4.78, 5) is 0. The molecule has 1 nitrogen and oxygen atoms in total. The summed E-state index contributed by atoms with van der Waals surface area (Å²) >= 11 is 0. The van der Waals surface area contributed by atoms with Gasteiger partial charge in [-0.3, -0.25) is 0 Å². The minimum atomic E-state index is 0.224. The molecule has 0 saturated heterocycles. The van der Waals surface area contributed by atoms with Gasteiger partial charge in [0.25, 0.3) is 0 Å². The molecule has 0 aliphatic rings. The molecule has 0 spiro atoms. The van der Waals surface area contributed by atoms with E-state index in [0.717, 1.165) is 6.42 Å². The third kappa shape index (κ3) is 5.88. The number of nitrogens with two attached hydrogens (primary N) is 1. The van der Waals surface area contributed by atoms with Gasteiger partial charge >= 0.3 is 0 Å². The maximum absolute atomic E-state index is 6.19. The molecule has 1 atom stereocenters. The van der Waals surface area contributed by atoms with Crippen molar-refractivity contribution < 1.29 is 0 Å². The Hall–Kier alpha value is -0.820. The molecule has 0 aliphatic carbocycles. The number of benzene rings is 1. The SMILES string of the molecule is CCCCCCCCC(N)c1ccc(C)cc1. The van der Waals surface area contributed by atoms with E-state index in [1.54, 1.807) is 0 Å². The van der Waals surface area contributed by atoms with Gasteiger partial charge in [0.15, 0.2) is 0 Å². The van der Waals surface area contributed by atoms with Crippen molar-refractivity contribution in [1.82, 2.24) is 0 Å². The van der Waals surface area contributed by atoms with E-state index in [0.29, 0.717) is 0 Å². The molecule has 1 rings (SSSR count). The molecule has 1 heteroatoms. The zero-order chi connectivity index (χ0) is 12.5. The largest absolute Gasteiger partial charge is 0.324 e. The lowest BCUT2D eigenvalue weighted by Gasteiger charge is -2.12. The van der Waals surface area contributed by atoms with Crippen molar-refractivity contribution in [2.45, 2.75) is 64.8 Å². The van der Waals surface area contributed by atoms with Crippen LogP contribution in [0.1, 0.15) is 69.0 Å². The number of aryl methyl sites for hydroxylation is 1. The third-order valence-electron chi connectivity index (χ3n) is 3.37. The van der Waals surface area contributed by atoms with Crippen LogP contribution < -0.4 is 5.73 Å². The summed E-state index contributed by atoms with van der Waals surface area (Å²) in [6.45, 7) is 4.37. The van der Waals surface area contributed by atoms with Crippen LogP contribution >= 0.6 is 0 Å². The first kappa shape index (κ1) is 14.2. The predicted octanol–water partition coefficient (Wildman–Crippen LogP) is 4.75. The van der Waals surface area contributed by atoms with Crippen molar-refractivity contribution in [3.8, 4) is 0 Å². The summed E-state index contributed by atoms with van der Waals surface area (Å²) in [5.74, 6) is 0. The molecule has 2 N–H and O–H groups in total. The van der Waals surface area contributed by atoms with Crippen LogP contribution in [-0.2, 0) is 0 Å². The van der Waals surface area contributed by atoms with Gasteiger partial charge in [-0.15, -0.1) is 0 Å². The molecule has 0 bridgehead atoms. The van der Waals surface area contributed by atoms with Gasteiger partial charge in [-0.1, -0.05) is 75.3 Å². The summed E-state index contributed by atoms with van der Waals surface area (Å²) in [7, 11) is 0. The van der Waals surface area contributed by atoms with Gasteiger partial charge < -0.3 is 5.73 Å². The average Bonchev–Trinajstić information content (AvgIpc) is 2.34. The Kier molecular flexibility index (Phi) is 6.95. The summed E-state index contributed by atoms with van der Waals surface area (Å²) in [6, 6.07) is 8.85. The first-order valence-corrected chi connectivity index (χ1v) is 7.06. The Balaban J connectivity index is 2.16. The lowest BCUT2D eigenvalue weighted by atomic mass is 9.99. The van der Waals surface area contributed by atoms with E-state index in [-0.39, 0.29) is 6.04 Å². The first-order chi connectivity index (χ1) is 8.24. The monoisotopic (exact) mass is 233 g/mol. The molecule has 0 aliphatic heterocycles. The lowest BCUT2D eigenvalue weighted by molar-refractivity contribution is 0.547. The summed E-state index contributed by atoms with van der Waals surface area (Å²) < 4.78 is 0. The molecule has 1 unspecified atom stereocenters. The molecule has 0 fully saturated rings. The van der Waals surface area contributed by atoms with E-state index in [1.807, 2.05) is 0 Å². The first-order valence-electron chi connectivity index (χ1n) is 7.06. The highest BCUT2D eigenvalue weighted by atomic mass is 14.6. The third-order valence-corrected chi connectivity index (χ3v) is 3.37. The Labute approximate surface area is 106 Å². The summed E-state index contributed by atoms with van der Waals surface area (Å²) in [5, 5.41) is 0. The zero-order valence-electron chi connectivity index (χ0n) is 11.4. The minimum absolute atomic E-state index is 0.224. The van der Waals surface area contributed by atoms with Crippen LogP contribution in [0.15, 0.2) is 24.3 Å². The second kappa shape index (κ2) is 8.30. The maximum Gasteiger partial charge on any atom is 0.0294 e. The lowest BCUT2D eigenvalue weighted by Crippen LogP contribution is -2.09. The second-order valence-electron chi connectivity index (χ2n) is 5.07. The van der Waals surface area contributed by atoms with Gasteiger partial charge in [-0.2, -0.15) is 0 Å². The van der Waals surface area contributed by atoms with Crippen molar-refractivity contribution in [3.05, 3.63) is 35.4 Å². The molecule has 0 amide bonds. The van der Waals surface area contributed by atoms with Crippen LogP contribution in [0.3, 0.4) is 0 Å². The van der Waals surface area contributed by atoms with Crippen molar-refractivity contribution in [1.29, 1.82) is 0 Å². The predicted molar refractivity (Wildman–Crippen MR) is 76.1 cm³/mol. The number of unbranched alkanes of at least 4 members (excludes halogenated alkanes) is 5. The summed E-state index contributed by atoms with van der Waals surface area (Å²) in [5.41, 5.74) is 8.77. The van der Waals surface area contributed by atoms with E-state index in [4.69, 9.17) is 5.73 Å². The van der Waals surface area contributed by atoms with Gasteiger partial charge in [0.2, 0.25) is 0 Å². The van der Waals surface area contributed by atoms with Crippen molar-refractivity contribution >= 4 is 0 Å². The van der Waals surface area contributed by atoms with Gasteiger partial charge in [-0.25, -0.2) is 0 Å². The van der Waals surface area contributed by atoms with Crippen LogP contribution in [0, 0.1) is 6.92 Å². The quantitative estimate of drug-likeness (QED) is 0.644. The standard InChI is InChI=1S/C16H27N/c1-3-4-5-6-7-8-9-16(17)15-12-10-14(2)11-13-15/h10-13,16H,3-9,17H2,1-2H3. The molecular weight excluding hydrogens is 206 g/mol. The molecule has 96 valence electrons. The molecule has 0 heterocycles. The molecule has 0 radical (unpaired) electrons. The molecular formula is C16H27N. The Bertz CT molecular complexity index is 289. The number of hydrogen-bond donors (Lipinski definition) is 1. The molecule has 1 aromatic carbocycles. The van der Waals surface area contributed by atoms with Gasteiger partial charge in [0.05, 0.1) is 0 Å². The van der Waals surface area contributed by atoms with Gasteiger partial charge in [0.1, 0.15) is 0 Å². The highest BCUT2D eigenvalue weighted by molar-refractivity contribution is 5.23. The minimum Gasteiger partial charge on any atom is -0.324 e. The normalized spacial score (nSPS) is 12.6. The van der Waals surface area contributed by atoms with E-state index in [9.17, 15) is 0 Å². The fraction of sp³-hybridized carbons (Fsp3) is 0.625. The van der Waals surface area contributed by atoms with Crippen molar-refractivity contribution in [2.24, 2.45) is 5.73 Å². The number of hydrogen-bond acceptors (Lipinski definition) is 1. The fourth-order valence-electron chi connectivity index (χ4n) is 2.12. The molecule has 0 saturated carbocycles. The van der Waals surface area contributed by atoms with E-state index in [1.165, 1.54) is 49.7 Å². The zero-order valence-corrected chi connectivity index (χ0v) is 11.4. The van der Waals surface area contributed by atoms with Crippen LogP contribution in [0.5, 0.6) is 0 Å². The molecule has 17 heavy (non-hydrogen) atoms. The van der Waals surface area contributed by atoms with Gasteiger partial charge in [-0.05, 0) is 18.9 Å². The highest BCUT2D eigenvalue weighted by Crippen LogP contribution is 2.18. The van der Waals surface area contributed by atoms with Crippen LogP contribution in [0.4, 0.5) is 0 Å². The van der Waals surface area contributed by atoms with Crippen LogP contribution in [0.25, 0.3) is 0 Å². The number of rotatable bonds is 8. The van der Waals surface area contributed by atoms with Gasteiger partial charge in [0, 0.05) is 6.04 Å². The smallest absolute Gasteiger partial charge is 0.0294 e. The maximum atomic E-state index is 6.19. The highest BCUT2D eigenvalue weighted by Gasteiger charge is 2.04. The Morgan fingerprint density at radius 2 is 1.53 bits per heavy atom. The Morgan fingerprint density at radius 1 is 0.941 bits per heavy atom. The van der Waals surface area contributed by atoms with E-state index < -0.39 is 0 Å². The molecule has 0 aromatic heterocycles. The molecule has 1 aromatic rings. The van der Waals surface area contributed by atoms with Crippen molar-refractivity contribution in [3.63, 3.8) is 0 Å². The topological polar surface area (TPSA) is 26.0 Å². The Morgan fingerprint density at radius 3 is 2.18 bits per heavy atom. The second-order valence-corrected chi connectivity index (χ2v) is 5.07.